The summed E-state index contributed by atoms with van der Waals surface area (Å²) in [7, 11) is 0. The van der Waals surface area contributed by atoms with Crippen LogP contribution in [0.15, 0.2) is 28.7 Å². The van der Waals surface area contributed by atoms with Crippen LogP contribution in [0.3, 0.4) is 0 Å². The smallest absolute Gasteiger partial charge is 0.293 e. The molecule has 125 heavy (non-hydrogen) atoms. The van der Waals surface area contributed by atoms with E-state index < -0.39 is 174 Å². The highest BCUT2D eigenvalue weighted by Gasteiger charge is 2.50. The van der Waals surface area contributed by atoms with Crippen molar-refractivity contribution in [1.82, 2.24) is 97.6 Å². The summed E-state index contributed by atoms with van der Waals surface area (Å²) in [5.41, 5.74) is -0.480. The van der Waals surface area contributed by atoms with E-state index in [-0.39, 0.29) is 71.4 Å². The summed E-state index contributed by atoms with van der Waals surface area (Å²) in [6.45, 7) is 22.8. The molecule has 0 bridgehead atoms. The minimum absolute atomic E-state index is 0.0272. The quantitative estimate of drug-likeness (QED) is 0.0224. The Hall–Kier alpha value is -5.70. The molecule has 5 unspecified atom stereocenters. The molecule has 10 aromatic heterocycles. The number of nitrogens with one attached hydrogen (secondary N) is 6. The van der Waals surface area contributed by atoms with Crippen LogP contribution < -0.4 is 27.8 Å². The zero-order valence-electron chi connectivity index (χ0n) is 71.6. The standard InChI is InChI=1S/C15H22BrN4O4P.C15H22ClN4O4P.C15H22FN4O4P.C15H22IN4O4P.C15H23N4O4PS/c4*1-7-17-12-9(13(23)18-7)19-15(16)20(12)14-11(22)10(21)8(24-14)5-6-25(2,3)4;1-7-16-12-9(13(22)17-7)18-15(25)19(12)14-11(21)10(20)8(23-14)5-6-24(2,3)4/h4*8,10-11,14,21-22H,2,5-6H2,1,3-4H3,(H,17,18,23);8,10-11,14,20-21H,2,5-6H2,1,3-4H3,(H,18,25)(H,16,17,22)/t5*8-,10-,11-,14?/m11111/s1. The lowest BCUT2D eigenvalue weighted by molar-refractivity contribution is -0.0413. The van der Waals surface area contributed by atoms with Crippen molar-refractivity contribution in [3.63, 3.8) is 0 Å². The van der Waals surface area contributed by atoms with E-state index in [9.17, 15) is 79.4 Å². The van der Waals surface area contributed by atoms with Gasteiger partial charge in [0.05, 0.1) is 30.5 Å². The largest absolute Gasteiger partial charge is 0.388 e. The predicted octanol–water partition coefficient (Wildman–Crippen LogP) is 3.55. The lowest BCUT2D eigenvalue weighted by Gasteiger charge is -2.19. The Labute approximate surface area is 748 Å². The number of hydrogen-bond acceptors (Lipinski definition) is 30. The van der Waals surface area contributed by atoms with Gasteiger partial charge in [0.1, 0.15) is 90.2 Å². The molecule has 0 aromatic carbocycles. The van der Waals surface area contributed by atoms with Crippen LogP contribution in [0.1, 0.15) is 92.4 Å². The Balaban J connectivity index is 0.000000152. The fourth-order valence-corrected chi connectivity index (χ4v) is 21.4. The van der Waals surface area contributed by atoms with Crippen molar-refractivity contribution < 1.29 is 79.1 Å². The van der Waals surface area contributed by atoms with Crippen LogP contribution in [0, 0.1) is 49.3 Å². The van der Waals surface area contributed by atoms with E-state index in [4.69, 9.17) is 47.5 Å². The van der Waals surface area contributed by atoms with Crippen molar-refractivity contribution in [3.05, 3.63) is 106 Å². The first-order valence-electron chi connectivity index (χ1n) is 39.6. The number of rotatable bonds is 20. The summed E-state index contributed by atoms with van der Waals surface area (Å²) in [5.74, 6) is 1.98. The molecular formula is C75H111BrClFIN20O20P5S. The molecule has 0 aliphatic carbocycles. The molecule has 690 valence electrons. The second-order valence-corrected chi connectivity index (χ2v) is 59.4. The molecule has 15 rings (SSSR count). The van der Waals surface area contributed by atoms with E-state index in [0.717, 1.165) is 35.4 Å². The van der Waals surface area contributed by atoms with Gasteiger partial charge in [-0.1, -0.05) is 0 Å². The Morgan fingerprint density at radius 3 is 0.976 bits per heavy atom. The van der Waals surface area contributed by atoms with Gasteiger partial charge in [-0.05, 0) is 204 Å². The van der Waals surface area contributed by atoms with E-state index in [1.165, 1.54) is 13.7 Å². The number of halogens is 4. The average Bonchev–Trinajstić information content (AvgIpc) is 1.63. The molecule has 20 atom stereocenters. The second kappa shape index (κ2) is 39.0. The van der Waals surface area contributed by atoms with Crippen molar-refractivity contribution in [3.8, 4) is 0 Å². The molecule has 50 heteroatoms. The predicted molar refractivity (Wildman–Crippen MR) is 504 cm³/mol. The van der Waals surface area contributed by atoms with Gasteiger partial charge in [-0.25, -0.2) is 39.9 Å². The summed E-state index contributed by atoms with van der Waals surface area (Å²) in [6, 6.07) is 0. The molecule has 0 radical (unpaired) electrons. The molecule has 5 aliphatic rings. The number of H-pyrrole nitrogens is 6. The third-order valence-corrected chi connectivity index (χ3v) is 30.5. The average molecular weight is 2060 g/mol. The minimum Gasteiger partial charge on any atom is -0.388 e. The minimum atomic E-state index is -1.36. The molecule has 0 amide bonds. The topological polar surface area (TPSA) is 569 Å². The van der Waals surface area contributed by atoms with Crippen LogP contribution in [0.2, 0.25) is 5.28 Å². The van der Waals surface area contributed by atoms with Crippen molar-refractivity contribution in [2.45, 2.75) is 189 Å². The maximum Gasteiger partial charge on any atom is 0.293 e. The number of aliphatic hydroxyl groups is 10. The van der Waals surface area contributed by atoms with Gasteiger partial charge in [0.15, 0.2) is 100 Å². The molecule has 5 saturated heterocycles. The van der Waals surface area contributed by atoms with Gasteiger partial charge in [-0.3, -0.25) is 46.8 Å². The number of fused-ring (bicyclic) bond motifs is 5. The first-order chi connectivity index (χ1) is 57.9. The van der Waals surface area contributed by atoms with Crippen molar-refractivity contribution in [2.24, 2.45) is 0 Å². The van der Waals surface area contributed by atoms with Crippen LogP contribution in [0.5, 0.6) is 0 Å². The number of aliphatic hydroxyl groups excluding tert-OH is 10. The van der Waals surface area contributed by atoms with E-state index in [2.05, 4.69) is 189 Å². The van der Waals surface area contributed by atoms with Crippen molar-refractivity contribution in [2.75, 3.05) is 97.5 Å². The molecule has 10 aromatic rings. The Kier molecular flexibility index (Phi) is 31.2. The summed E-state index contributed by atoms with van der Waals surface area (Å²) in [5, 5.41) is 104. The van der Waals surface area contributed by atoms with Gasteiger partial charge in [0.2, 0.25) is 5.28 Å². The molecule has 0 saturated carbocycles. The highest BCUT2D eigenvalue weighted by Crippen LogP contribution is 2.46. The Morgan fingerprint density at radius 2 is 0.632 bits per heavy atom. The molecule has 16 N–H and O–H groups in total. The van der Waals surface area contributed by atoms with Gasteiger partial charge in [-0.15, -0.1) is 65.9 Å². The first kappa shape index (κ1) is 99.9. The normalized spacial score (nSPS) is 27.3. The molecule has 5 fully saturated rings. The molecule has 40 nitrogen and oxygen atoms in total. The van der Waals surface area contributed by atoms with Crippen LogP contribution in [0.4, 0.5) is 4.39 Å². The first-order valence-corrected chi connectivity index (χ1v) is 57.6. The van der Waals surface area contributed by atoms with Gasteiger partial charge in [0, 0.05) is 22.6 Å². The fourth-order valence-electron chi connectivity index (χ4n) is 14.8. The van der Waals surface area contributed by atoms with Crippen molar-refractivity contribution in [1.29, 1.82) is 0 Å². The monoisotopic (exact) mass is 2060 g/mol. The van der Waals surface area contributed by atoms with Crippen LogP contribution in [0.25, 0.3) is 55.8 Å². The highest BCUT2D eigenvalue weighted by molar-refractivity contribution is 14.1. The van der Waals surface area contributed by atoms with Gasteiger partial charge < -0.3 is 105 Å². The molecule has 15 heterocycles. The highest BCUT2D eigenvalue weighted by atomic mass is 127. The van der Waals surface area contributed by atoms with Crippen LogP contribution in [-0.4, -0.2) is 369 Å². The third kappa shape index (κ3) is 22.9. The van der Waals surface area contributed by atoms with E-state index in [1.807, 2.05) is 22.6 Å². The van der Waals surface area contributed by atoms with E-state index in [1.54, 1.807) is 39.2 Å². The number of aromatic amines is 6. The number of hydrogen-bond donors (Lipinski definition) is 16. The SMILES string of the molecule is C=P(C)(C)CC[C@H]1OC(n2c(=S)[nH]c3c(=O)[nH]c(C)nc32)[C@H](O)[C@@H]1O.C=P(C)(C)CC[C@H]1OC(n2c(Br)nc3c(=O)[nH]c(C)nc32)[C@H](O)[C@@H]1O.C=P(C)(C)CC[C@H]1OC(n2c(Cl)nc3c(=O)[nH]c(C)nc32)[C@H](O)[C@@H]1O.C=P(C)(C)CC[C@H]1OC(n2c(F)nc3c(=O)[nH]c(C)nc32)[C@H](O)[C@@H]1O.C=P(C)(C)CC[C@H]1OC(n2c(I)nc3c(=O)[nH]c(C)nc32)[C@H](O)[C@@H]1O. The van der Waals surface area contributed by atoms with Crippen LogP contribution in [-0.2, 0) is 23.7 Å². The maximum absolute atomic E-state index is 14.4. The summed E-state index contributed by atoms with van der Waals surface area (Å²) in [6.07, 6.45) is 7.99. The van der Waals surface area contributed by atoms with Crippen LogP contribution >= 0.6 is 96.8 Å². The van der Waals surface area contributed by atoms with Crippen molar-refractivity contribution >= 4 is 184 Å². The fraction of sp³-hybridized carbons (Fsp3) is 0.600. The lowest BCUT2D eigenvalue weighted by atomic mass is 10.1. The zero-order chi connectivity index (χ0) is 92.6. The Morgan fingerprint density at radius 1 is 0.376 bits per heavy atom. The summed E-state index contributed by atoms with van der Waals surface area (Å²) in [4.78, 5) is 113. The zero-order valence-corrected chi connectivity index (χ0v) is 81.4. The van der Waals surface area contributed by atoms with Gasteiger partial charge >= 0.3 is 0 Å². The summed E-state index contributed by atoms with van der Waals surface area (Å²) >= 11 is 16.7. The number of ether oxygens (including phenoxy) is 5. The number of imidazole rings is 5. The number of aryl methyl sites for hydroxylation is 5. The lowest BCUT2D eigenvalue weighted by Crippen LogP contribution is -2.32. The number of aromatic nitrogens is 20. The summed E-state index contributed by atoms with van der Waals surface area (Å²) < 4.78 is 51.6. The second-order valence-electron chi connectivity index (χ2n) is 35.4. The molecule has 5 aliphatic heterocycles. The number of nitrogens with zero attached hydrogens (tertiary/aromatic N) is 14. The maximum atomic E-state index is 14.4. The Bertz CT molecular complexity index is 5730. The molecule has 0 spiro atoms. The third-order valence-electron chi connectivity index (χ3n) is 21.3. The van der Waals surface area contributed by atoms with E-state index in [0.29, 0.717) is 80.9 Å². The molecular weight excluding hydrogens is 1950 g/mol. The van der Waals surface area contributed by atoms with E-state index >= 15 is 0 Å². The van der Waals surface area contributed by atoms with Gasteiger partial charge in [-0.2, -0.15) is 9.37 Å². The van der Waals surface area contributed by atoms with Gasteiger partial charge in [0.25, 0.3) is 33.9 Å².